The average Bonchev–Trinajstić information content (AvgIpc) is 3.30. The predicted octanol–water partition coefficient (Wildman–Crippen LogP) is 3.70. The second-order valence-corrected chi connectivity index (χ2v) is 5.61. The van der Waals surface area contributed by atoms with Gasteiger partial charge in [0.2, 0.25) is 5.88 Å². The monoisotopic (exact) mass is 334 g/mol. The van der Waals surface area contributed by atoms with E-state index in [1.807, 2.05) is 24.3 Å². The van der Waals surface area contributed by atoms with E-state index in [2.05, 4.69) is 25.9 Å². The number of benzene rings is 1. The van der Waals surface area contributed by atoms with Crippen molar-refractivity contribution < 1.29 is 9.47 Å². The minimum absolute atomic E-state index is 0.484. The molecule has 4 nitrogen and oxygen atoms in total. The number of aromatic nitrogens is 2. The van der Waals surface area contributed by atoms with Gasteiger partial charge in [-0.25, -0.2) is 4.98 Å². The topological polar surface area (TPSA) is 44.2 Å². The highest BCUT2D eigenvalue weighted by Gasteiger charge is 2.27. The summed E-state index contributed by atoms with van der Waals surface area (Å²) in [6, 6.07) is 9.61. The van der Waals surface area contributed by atoms with Gasteiger partial charge in [-0.15, -0.1) is 0 Å². The third-order valence-electron chi connectivity index (χ3n) is 3.18. The highest BCUT2D eigenvalue weighted by molar-refractivity contribution is 9.10. The first-order chi connectivity index (χ1) is 9.74. The Labute approximate surface area is 126 Å². The van der Waals surface area contributed by atoms with Crippen molar-refractivity contribution in [1.29, 1.82) is 0 Å². The molecule has 1 aliphatic rings. The third kappa shape index (κ3) is 3.28. The normalized spacial score (nSPS) is 14.1. The van der Waals surface area contributed by atoms with E-state index in [1.54, 1.807) is 13.2 Å². The van der Waals surface area contributed by atoms with E-state index in [0.29, 0.717) is 18.4 Å². The third-order valence-corrected chi connectivity index (χ3v) is 3.58. The lowest BCUT2D eigenvalue weighted by atomic mass is 10.2. The van der Waals surface area contributed by atoms with Crippen LogP contribution in [0.1, 0.15) is 30.1 Å². The summed E-state index contributed by atoms with van der Waals surface area (Å²) in [4.78, 5) is 8.84. The standard InChI is InChI=1S/C15H15BrN2O2/c1-19-12-6-2-10(3-7-12)9-20-14-8-13(16)17-15(18-14)11-4-5-11/h2-3,6-8,11H,4-5,9H2,1H3. The summed E-state index contributed by atoms with van der Waals surface area (Å²) in [5.41, 5.74) is 1.08. The Morgan fingerprint density at radius 2 is 1.95 bits per heavy atom. The molecule has 1 saturated carbocycles. The zero-order valence-corrected chi connectivity index (χ0v) is 12.8. The Hall–Kier alpha value is -1.62. The largest absolute Gasteiger partial charge is 0.497 e. The number of ether oxygens (including phenoxy) is 2. The van der Waals surface area contributed by atoms with E-state index in [0.717, 1.165) is 21.7 Å². The molecule has 0 spiro atoms. The second kappa shape index (κ2) is 5.79. The molecule has 1 aromatic heterocycles. The van der Waals surface area contributed by atoms with Gasteiger partial charge in [-0.3, -0.25) is 0 Å². The summed E-state index contributed by atoms with van der Waals surface area (Å²) in [5.74, 6) is 2.85. The van der Waals surface area contributed by atoms with Crippen LogP contribution in [-0.4, -0.2) is 17.1 Å². The quantitative estimate of drug-likeness (QED) is 0.782. The number of nitrogens with zero attached hydrogens (tertiary/aromatic N) is 2. The van der Waals surface area contributed by atoms with Gasteiger partial charge in [0.1, 0.15) is 22.8 Å². The van der Waals surface area contributed by atoms with Crippen molar-refractivity contribution >= 4 is 15.9 Å². The summed E-state index contributed by atoms with van der Waals surface area (Å²) in [6.45, 7) is 0.484. The van der Waals surface area contributed by atoms with Crippen LogP contribution in [0.4, 0.5) is 0 Å². The van der Waals surface area contributed by atoms with Gasteiger partial charge in [0.25, 0.3) is 0 Å². The van der Waals surface area contributed by atoms with Crippen molar-refractivity contribution in [2.75, 3.05) is 7.11 Å². The van der Waals surface area contributed by atoms with E-state index < -0.39 is 0 Å². The van der Waals surface area contributed by atoms with E-state index in [4.69, 9.17) is 9.47 Å². The van der Waals surface area contributed by atoms with Gasteiger partial charge < -0.3 is 9.47 Å². The van der Waals surface area contributed by atoms with Crippen LogP contribution in [0.15, 0.2) is 34.9 Å². The molecule has 3 rings (SSSR count). The SMILES string of the molecule is COc1ccc(COc2cc(Br)nc(C3CC3)n2)cc1. The van der Waals surface area contributed by atoms with Crippen molar-refractivity contribution in [1.82, 2.24) is 9.97 Å². The van der Waals surface area contributed by atoms with Gasteiger partial charge in [-0.2, -0.15) is 4.98 Å². The molecule has 104 valence electrons. The zero-order chi connectivity index (χ0) is 13.9. The van der Waals surface area contributed by atoms with Crippen LogP contribution >= 0.6 is 15.9 Å². The average molecular weight is 335 g/mol. The maximum Gasteiger partial charge on any atom is 0.218 e. The molecule has 0 bridgehead atoms. The van der Waals surface area contributed by atoms with Crippen molar-refractivity contribution in [3.63, 3.8) is 0 Å². The molecule has 0 saturated heterocycles. The highest BCUT2D eigenvalue weighted by atomic mass is 79.9. The molecular weight excluding hydrogens is 320 g/mol. The molecule has 1 aromatic carbocycles. The predicted molar refractivity (Wildman–Crippen MR) is 79.0 cm³/mol. The lowest BCUT2D eigenvalue weighted by Crippen LogP contribution is -2.01. The minimum atomic E-state index is 0.484. The molecule has 20 heavy (non-hydrogen) atoms. The Bertz CT molecular complexity index is 597. The number of hydrogen-bond acceptors (Lipinski definition) is 4. The van der Waals surface area contributed by atoms with Gasteiger partial charge in [-0.1, -0.05) is 12.1 Å². The Morgan fingerprint density at radius 3 is 2.60 bits per heavy atom. The fourth-order valence-corrected chi connectivity index (χ4v) is 2.27. The van der Waals surface area contributed by atoms with Crippen LogP contribution in [0, 0.1) is 0 Å². The molecular formula is C15H15BrN2O2. The van der Waals surface area contributed by atoms with Crippen LogP contribution in [-0.2, 0) is 6.61 Å². The molecule has 5 heteroatoms. The van der Waals surface area contributed by atoms with E-state index in [9.17, 15) is 0 Å². The number of halogens is 1. The molecule has 0 radical (unpaired) electrons. The molecule has 1 fully saturated rings. The Balaban J connectivity index is 1.67. The second-order valence-electron chi connectivity index (χ2n) is 4.80. The lowest BCUT2D eigenvalue weighted by Gasteiger charge is -2.08. The van der Waals surface area contributed by atoms with Crippen LogP contribution in [0.2, 0.25) is 0 Å². The molecule has 0 atom stereocenters. The summed E-state index contributed by atoms with van der Waals surface area (Å²) >= 11 is 3.41. The van der Waals surface area contributed by atoms with Gasteiger partial charge >= 0.3 is 0 Å². The maximum absolute atomic E-state index is 5.74. The fraction of sp³-hybridized carbons (Fsp3) is 0.333. The van der Waals surface area contributed by atoms with Crippen LogP contribution in [0.3, 0.4) is 0 Å². The highest BCUT2D eigenvalue weighted by Crippen LogP contribution is 2.39. The van der Waals surface area contributed by atoms with Gasteiger partial charge in [0, 0.05) is 12.0 Å². The van der Waals surface area contributed by atoms with E-state index in [1.165, 1.54) is 12.8 Å². The number of hydrogen-bond donors (Lipinski definition) is 0. The lowest BCUT2D eigenvalue weighted by molar-refractivity contribution is 0.291. The first-order valence-corrected chi connectivity index (χ1v) is 7.34. The fourth-order valence-electron chi connectivity index (χ4n) is 1.89. The van der Waals surface area contributed by atoms with Gasteiger partial charge in [0.15, 0.2) is 0 Å². The van der Waals surface area contributed by atoms with Gasteiger partial charge in [-0.05, 0) is 46.5 Å². The number of rotatable bonds is 5. The smallest absolute Gasteiger partial charge is 0.218 e. The van der Waals surface area contributed by atoms with Crippen LogP contribution in [0.25, 0.3) is 0 Å². The molecule has 0 aliphatic heterocycles. The zero-order valence-electron chi connectivity index (χ0n) is 11.2. The van der Waals surface area contributed by atoms with Crippen molar-refractivity contribution in [2.45, 2.75) is 25.4 Å². The first kappa shape index (κ1) is 13.4. The molecule has 1 heterocycles. The molecule has 0 amide bonds. The summed E-state index contributed by atoms with van der Waals surface area (Å²) in [6.07, 6.45) is 2.35. The maximum atomic E-state index is 5.74. The van der Waals surface area contributed by atoms with Crippen molar-refractivity contribution in [3.8, 4) is 11.6 Å². The van der Waals surface area contributed by atoms with E-state index in [-0.39, 0.29) is 0 Å². The minimum Gasteiger partial charge on any atom is -0.497 e. The van der Waals surface area contributed by atoms with Crippen LogP contribution < -0.4 is 9.47 Å². The Morgan fingerprint density at radius 1 is 1.20 bits per heavy atom. The summed E-state index contributed by atoms with van der Waals surface area (Å²) in [7, 11) is 1.66. The van der Waals surface area contributed by atoms with Gasteiger partial charge in [0.05, 0.1) is 7.11 Å². The Kier molecular flexibility index (Phi) is 3.87. The molecule has 0 unspecified atom stereocenters. The van der Waals surface area contributed by atoms with Crippen LogP contribution in [0.5, 0.6) is 11.6 Å². The summed E-state index contributed by atoms with van der Waals surface area (Å²) in [5, 5.41) is 0. The molecule has 0 N–H and O–H groups in total. The molecule has 2 aromatic rings. The van der Waals surface area contributed by atoms with Crippen molar-refractivity contribution in [3.05, 3.63) is 46.3 Å². The molecule has 1 aliphatic carbocycles. The first-order valence-electron chi connectivity index (χ1n) is 6.55. The van der Waals surface area contributed by atoms with E-state index >= 15 is 0 Å². The number of methoxy groups -OCH3 is 1. The summed E-state index contributed by atoms with van der Waals surface area (Å²) < 4.78 is 11.6. The van der Waals surface area contributed by atoms with Crippen molar-refractivity contribution in [2.24, 2.45) is 0 Å².